The van der Waals surface area contributed by atoms with Crippen LogP contribution in [0, 0.1) is 0 Å². The van der Waals surface area contributed by atoms with Gasteiger partial charge in [0.25, 0.3) is 0 Å². The maximum Gasteiger partial charge on any atom is 0.0929 e. The van der Waals surface area contributed by atoms with E-state index in [-0.39, 0.29) is 0 Å². The van der Waals surface area contributed by atoms with Crippen LogP contribution in [0.5, 0.6) is 0 Å². The van der Waals surface area contributed by atoms with Crippen molar-refractivity contribution in [2.24, 2.45) is 0 Å². The van der Waals surface area contributed by atoms with E-state index in [2.05, 4.69) is 4.89 Å². The molecule has 1 fully saturated rings. The lowest BCUT2D eigenvalue weighted by Crippen LogP contribution is -2.20. The molecular formula is C5H10O2. The molecule has 0 radical (unpaired) electrons. The van der Waals surface area contributed by atoms with Crippen LogP contribution in [0.15, 0.2) is 0 Å². The second-order valence-corrected chi connectivity index (χ2v) is 1.82. The van der Waals surface area contributed by atoms with Crippen LogP contribution in [0.2, 0.25) is 0 Å². The largest absolute Gasteiger partial charge is 0.240 e. The highest BCUT2D eigenvalue weighted by Crippen LogP contribution is 2.21. The first-order chi connectivity index (χ1) is 3.43. The van der Waals surface area contributed by atoms with Gasteiger partial charge in [-0.15, -0.1) is 0 Å². The van der Waals surface area contributed by atoms with Crippen molar-refractivity contribution in [2.45, 2.75) is 25.4 Å². The Morgan fingerprint density at radius 1 is 1.43 bits per heavy atom. The number of rotatable bonds is 2. The SMILES string of the molecule is COOC1CCC1. The van der Waals surface area contributed by atoms with Crippen LogP contribution in [0.1, 0.15) is 19.3 Å². The highest BCUT2D eigenvalue weighted by atomic mass is 17.2. The van der Waals surface area contributed by atoms with Crippen LogP contribution in [0.3, 0.4) is 0 Å². The van der Waals surface area contributed by atoms with E-state index in [1.807, 2.05) is 0 Å². The minimum absolute atomic E-state index is 0.407. The topological polar surface area (TPSA) is 18.5 Å². The molecule has 0 heterocycles. The summed E-state index contributed by atoms with van der Waals surface area (Å²) in [6.07, 6.45) is 4.06. The summed E-state index contributed by atoms with van der Waals surface area (Å²) in [5.41, 5.74) is 0. The van der Waals surface area contributed by atoms with E-state index in [1.54, 1.807) is 7.11 Å². The predicted octanol–water partition coefficient (Wildman–Crippen LogP) is 1.12. The fraction of sp³-hybridized carbons (Fsp3) is 1.00. The molecular weight excluding hydrogens is 92.1 g/mol. The third-order valence-electron chi connectivity index (χ3n) is 1.28. The maximum atomic E-state index is 4.78. The Hall–Kier alpha value is -0.0800. The molecule has 0 amide bonds. The van der Waals surface area contributed by atoms with E-state index in [0.29, 0.717) is 6.10 Å². The van der Waals surface area contributed by atoms with Crippen LogP contribution < -0.4 is 0 Å². The normalized spacial score (nSPS) is 21.9. The van der Waals surface area contributed by atoms with Gasteiger partial charge in [-0.05, 0) is 19.3 Å². The van der Waals surface area contributed by atoms with Gasteiger partial charge in [0.2, 0.25) is 0 Å². The van der Waals surface area contributed by atoms with Crippen molar-refractivity contribution in [2.75, 3.05) is 7.11 Å². The van der Waals surface area contributed by atoms with Crippen molar-refractivity contribution in [3.05, 3.63) is 0 Å². The Balaban J connectivity index is 1.93. The zero-order chi connectivity index (χ0) is 5.11. The van der Waals surface area contributed by atoms with Gasteiger partial charge in [-0.3, -0.25) is 0 Å². The van der Waals surface area contributed by atoms with Gasteiger partial charge in [0, 0.05) is 0 Å². The van der Waals surface area contributed by atoms with Gasteiger partial charge in [-0.1, -0.05) is 0 Å². The Kier molecular flexibility index (Phi) is 1.65. The van der Waals surface area contributed by atoms with Crippen LogP contribution >= 0.6 is 0 Å². The Bertz CT molecular complexity index is 50.0. The zero-order valence-corrected chi connectivity index (χ0v) is 4.52. The lowest BCUT2D eigenvalue weighted by Gasteiger charge is -2.22. The van der Waals surface area contributed by atoms with Crippen LogP contribution in [0.4, 0.5) is 0 Å². The summed E-state index contributed by atoms with van der Waals surface area (Å²) in [7, 11) is 1.55. The van der Waals surface area contributed by atoms with Gasteiger partial charge in [0.1, 0.15) is 0 Å². The molecule has 42 valence electrons. The molecule has 0 spiro atoms. The fourth-order valence-electron chi connectivity index (χ4n) is 0.603. The fourth-order valence-corrected chi connectivity index (χ4v) is 0.603. The lowest BCUT2D eigenvalue weighted by molar-refractivity contribution is -0.318. The molecule has 2 heteroatoms. The standard InChI is InChI=1S/C5H10O2/c1-6-7-5-3-2-4-5/h5H,2-4H2,1H3. The summed E-state index contributed by atoms with van der Waals surface area (Å²) < 4.78 is 0. The van der Waals surface area contributed by atoms with Gasteiger partial charge < -0.3 is 0 Å². The third kappa shape index (κ3) is 1.14. The highest BCUT2D eigenvalue weighted by molar-refractivity contribution is 4.66. The van der Waals surface area contributed by atoms with E-state index in [9.17, 15) is 0 Å². The van der Waals surface area contributed by atoms with E-state index < -0.39 is 0 Å². The lowest BCUT2D eigenvalue weighted by atomic mass is 9.97. The van der Waals surface area contributed by atoms with Crippen molar-refractivity contribution < 1.29 is 9.78 Å². The first-order valence-electron chi connectivity index (χ1n) is 2.63. The quantitative estimate of drug-likeness (QED) is 0.384. The molecule has 1 aliphatic carbocycles. The average Bonchev–Trinajstić information content (AvgIpc) is 1.55. The van der Waals surface area contributed by atoms with Crippen LogP contribution in [-0.4, -0.2) is 13.2 Å². The zero-order valence-electron chi connectivity index (χ0n) is 4.52. The molecule has 0 unspecified atom stereocenters. The van der Waals surface area contributed by atoms with Gasteiger partial charge in [0.05, 0.1) is 13.2 Å². The first-order valence-corrected chi connectivity index (χ1v) is 2.63. The van der Waals surface area contributed by atoms with Gasteiger partial charge in [-0.2, -0.15) is 0 Å². The summed E-state index contributed by atoms with van der Waals surface area (Å²) in [5.74, 6) is 0. The van der Waals surface area contributed by atoms with Crippen molar-refractivity contribution >= 4 is 0 Å². The summed E-state index contributed by atoms with van der Waals surface area (Å²) in [4.78, 5) is 9.22. The minimum Gasteiger partial charge on any atom is -0.240 e. The Morgan fingerprint density at radius 2 is 2.14 bits per heavy atom. The summed E-state index contributed by atoms with van der Waals surface area (Å²) in [6, 6.07) is 0. The van der Waals surface area contributed by atoms with Crippen LogP contribution in [0.25, 0.3) is 0 Å². The molecule has 0 aromatic rings. The number of hydrogen-bond acceptors (Lipinski definition) is 2. The monoisotopic (exact) mass is 102 g/mol. The van der Waals surface area contributed by atoms with E-state index >= 15 is 0 Å². The first kappa shape index (κ1) is 5.06. The third-order valence-corrected chi connectivity index (χ3v) is 1.28. The molecule has 2 nitrogen and oxygen atoms in total. The second-order valence-electron chi connectivity index (χ2n) is 1.82. The average molecular weight is 102 g/mol. The number of hydrogen-bond donors (Lipinski definition) is 0. The summed E-state index contributed by atoms with van der Waals surface area (Å²) in [6.45, 7) is 0. The molecule has 0 aromatic carbocycles. The van der Waals surface area contributed by atoms with Gasteiger partial charge in [-0.25, -0.2) is 9.78 Å². The molecule has 7 heavy (non-hydrogen) atoms. The van der Waals surface area contributed by atoms with E-state index in [0.717, 1.165) is 0 Å². The summed E-state index contributed by atoms with van der Waals surface area (Å²) in [5, 5.41) is 0. The Morgan fingerprint density at radius 3 is 2.29 bits per heavy atom. The molecule has 1 saturated carbocycles. The highest BCUT2D eigenvalue weighted by Gasteiger charge is 2.17. The molecule has 0 bridgehead atoms. The van der Waals surface area contributed by atoms with Crippen molar-refractivity contribution in [1.29, 1.82) is 0 Å². The summed E-state index contributed by atoms with van der Waals surface area (Å²) >= 11 is 0. The molecule has 0 N–H and O–H groups in total. The smallest absolute Gasteiger partial charge is 0.0929 e. The maximum absolute atomic E-state index is 4.78. The van der Waals surface area contributed by atoms with Crippen molar-refractivity contribution in [3.8, 4) is 0 Å². The predicted molar refractivity (Wildman–Crippen MR) is 25.7 cm³/mol. The van der Waals surface area contributed by atoms with Crippen molar-refractivity contribution in [1.82, 2.24) is 0 Å². The van der Waals surface area contributed by atoms with Gasteiger partial charge >= 0.3 is 0 Å². The van der Waals surface area contributed by atoms with Crippen LogP contribution in [-0.2, 0) is 9.78 Å². The minimum atomic E-state index is 0.407. The molecule has 0 atom stereocenters. The second kappa shape index (κ2) is 2.28. The molecule has 0 aromatic heterocycles. The van der Waals surface area contributed by atoms with Gasteiger partial charge in [0.15, 0.2) is 0 Å². The molecule has 1 aliphatic rings. The molecule has 1 rings (SSSR count). The molecule has 0 saturated heterocycles. The van der Waals surface area contributed by atoms with E-state index in [4.69, 9.17) is 4.89 Å². The van der Waals surface area contributed by atoms with Crippen molar-refractivity contribution in [3.63, 3.8) is 0 Å². The Labute approximate surface area is 43.3 Å². The molecule has 0 aliphatic heterocycles. The van der Waals surface area contributed by atoms with E-state index in [1.165, 1.54) is 19.3 Å².